The molecular weight excluding hydrogens is 419 g/mol. The average Bonchev–Trinajstić information content (AvgIpc) is 2.79. The van der Waals surface area contributed by atoms with E-state index in [0.717, 1.165) is 0 Å². The highest BCUT2D eigenvalue weighted by atomic mass is 19.4. The van der Waals surface area contributed by atoms with Gasteiger partial charge in [0.05, 0.1) is 17.1 Å². The molecule has 164 valence electrons. The maximum absolute atomic E-state index is 13.2. The van der Waals surface area contributed by atoms with Crippen molar-refractivity contribution in [2.75, 3.05) is 5.32 Å². The van der Waals surface area contributed by atoms with Gasteiger partial charge in [-0.2, -0.15) is 18.4 Å². The molecule has 1 aliphatic rings. The van der Waals surface area contributed by atoms with E-state index in [0.29, 0.717) is 42.2 Å². The monoisotopic (exact) mass is 439 g/mol. The Morgan fingerprint density at radius 1 is 0.969 bits per heavy atom. The maximum atomic E-state index is 13.2. The summed E-state index contributed by atoms with van der Waals surface area (Å²) in [7, 11) is 0. The van der Waals surface area contributed by atoms with Crippen molar-refractivity contribution in [3.63, 3.8) is 0 Å². The molecule has 4 rings (SSSR count). The standard InChI is InChI=1S/C23H20F3N5O/c24-23(25,26)22-30-19-4-2-1-3-18(19)20(31-22)28-16-9-11-17(12-10-16)29-21(32)15-7-5-14(13-27)6-8-15/h1-8,16-17H,9-12H2,(H,29,32)(H,28,30,31). The second-order valence-corrected chi connectivity index (χ2v) is 7.77. The van der Waals surface area contributed by atoms with Crippen LogP contribution in [0, 0.1) is 11.3 Å². The average molecular weight is 439 g/mol. The number of amides is 1. The molecule has 0 unspecified atom stereocenters. The van der Waals surface area contributed by atoms with Gasteiger partial charge in [-0.15, -0.1) is 0 Å². The lowest BCUT2D eigenvalue weighted by molar-refractivity contribution is -0.144. The molecule has 1 heterocycles. The van der Waals surface area contributed by atoms with Crippen molar-refractivity contribution in [1.29, 1.82) is 5.26 Å². The molecule has 0 atom stereocenters. The molecule has 2 aromatic carbocycles. The molecule has 0 bridgehead atoms. The van der Waals surface area contributed by atoms with Gasteiger partial charge in [0.25, 0.3) is 5.91 Å². The number of hydrogen-bond acceptors (Lipinski definition) is 5. The van der Waals surface area contributed by atoms with Gasteiger partial charge in [-0.05, 0) is 62.1 Å². The predicted octanol–water partition coefficient (Wildman–Crippen LogP) is 4.67. The van der Waals surface area contributed by atoms with Gasteiger partial charge in [0.2, 0.25) is 5.82 Å². The van der Waals surface area contributed by atoms with Crippen molar-refractivity contribution in [2.45, 2.75) is 43.9 Å². The van der Waals surface area contributed by atoms with Crippen molar-refractivity contribution in [3.8, 4) is 6.07 Å². The molecule has 1 aromatic heterocycles. The third-order valence-corrected chi connectivity index (χ3v) is 5.54. The van der Waals surface area contributed by atoms with Crippen molar-refractivity contribution >= 4 is 22.6 Å². The molecule has 3 aromatic rings. The van der Waals surface area contributed by atoms with Gasteiger partial charge >= 0.3 is 6.18 Å². The summed E-state index contributed by atoms with van der Waals surface area (Å²) >= 11 is 0. The van der Waals surface area contributed by atoms with Gasteiger partial charge in [0.1, 0.15) is 5.82 Å². The van der Waals surface area contributed by atoms with E-state index in [2.05, 4.69) is 20.6 Å². The lowest BCUT2D eigenvalue weighted by Gasteiger charge is -2.30. The van der Waals surface area contributed by atoms with E-state index in [4.69, 9.17) is 5.26 Å². The second-order valence-electron chi connectivity index (χ2n) is 7.77. The van der Waals surface area contributed by atoms with E-state index in [1.807, 2.05) is 6.07 Å². The van der Waals surface area contributed by atoms with Gasteiger partial charge in [0.15, 0.2) is 0 Å². The van der Waals surface area contributed by atoms with E-state index in [1.165, 1.54) is 6.07 Å². The number of carbonyl (C=O) groups is 1. The number of nitrogens with zero attached hydrogens (tertiary/aromatic N) is 3. The SMILES string of the molecule is N#Cc1ccc(C(=O)NC2CCC(Nc3nc(C(F)(F)F)nc4ccccc34)CC2)cc1. The largest absolute Gasteiger partial charge is 0.451 e. The Labute approximate surface area is 182 Å². The molecule has 2 N–H and O–H groups in total. The van der Waals surface area contributed by atoms with Crippen molar-refractivity contribution in [2.24, 2.45) is 0 Å². The minimum Gasteiger partial charge on any atom is -0.367 e. The van der Waals surface area contributed by atoms with Gasteiger partial charge in [0, 0.05) is 23.0 Å². The number of anilines is 1. The molecule has 1 fully saturated rings. The summed E-state index contributed by atoms with van der Waals surface area (Å²) in [4.78, 5) is 19.8. The predicted molar refractivity (Wildman–Crippen MR) is 113 cm³/mol. The first-order valence-corrected chi connectivity index (χ1v) is 10.2. The highest BCUT2D eigenvalue weighted by Crippen LogP contribution is 2.31. The quantitative estimate of drug-likeness (QED) is 0.616. The minimum absolute atomic E-state index is 0.0240. The molecule has 1 amide bonds. The van der Waals surface area contributed by atoms with Crippen molar-refractivity contribution < 1.29 is 18.0 Å². The zero-order chi connectivity index (χ0) is 22.7. The van der Waals surface area contributed by atoms with Crippen LogP contribution in [0.3, 0.4) is 0 Å². The van der Waals surface area contributed by atoms with Gasteiger partial charge in [-0.25, -0.2) is 9.97 Å². The Hall–Kier alpha value is -3.67. The van der Waals surface area contributed by atoms with Crippen LogP contribution >= 0.6 is 0 Å². The van der Waals surface area contributed by atoms with Crippen LogP contribution in [-0.2, 0) is 6.18 Å². The Kier molecular flexibility index (Phi) is 5.95. The summed E-state index contributed by atoms with van der Waals surface area (Å²) in [6.07, 6.45) is -1.90. The molecule has 32 heavy (non-hydrogen) atoms. The van der Waals surface area contributed by atoms with Gasteiger partial charge in [-0.3, -0.25) is 4.79 Å². The molecular formula is C23H20F3N5O. The van der Waals surface area contributed by atoms with E-state index in [1.54, 1.807) is 42.5 Å². The molecule has 9 heteroatoms. The van der Waals surface area contributed by atoms with Crippen LogP contribution in [-0.4, -0.2) is 28.0 Å². The molecule has 6 nitrogen and oxygen atoms in total. The van der Waals surface area contributed by atoms with Crippen LogP contribution in [0.4, 0.5) is 19.0 Å². The highest BCUT2D eigenvalue weighted by Gasteiger charge is 2.36. The number of nitriles is 1. The molecule has 0 saturated heterocycles. The molecule has 0 radical (unpaired) electrons. The van der Waals surface area contributed by atoms with E-state index in [-0.39, 0.29) is 29.3 Å². The third kappa shape index (κ3) is 4.80. The van der Waals surface area contributed by atoms with Crippen LogP contribution in [0.15, 0.2) is 48.5 Å². The van der Waals surface area contributed by atoms with E-state index >= 15 is 0 Å². The molecule has 1 aliphatic carbocycles. The van der Waals surface area contributed by atoms with Crippen LogP contribution in [0.5, 0.6) is 0 Å². The number of aromatic nitrogens is 2. The zero-order valence-electron chi connectivity index (χ0n) is 17.0. The number of para-hydroxylation sites is 1. The van der Waals surface area contributed by atoms with Crippen LogP contribution in [0.25, 0.3) is 10.9 Å². The number of halogens is 3. The first-order valence-electron chi connectivity index (χ1n) is 10.2. The Morgan fingerprint density at radius 3 is 2.28 bits per heavy atom. The summed E-state index contributed by atoms with van der Waals surface area (Å²) < 4.78 is 39.7. The summed E-state index contributed by atoms with van der Waals surface area (Å²) in [5.41, 5.74) is 1.20. The van der Waals surface area contributed by atoms with Crippen LogP contribution in [0.1, 0.15) is 47.4 Å². The first kappa shape index (κ1) is 21.6. The fourth-order valence-corrected chi connectivity index (χ4v) is 3.85. The van der Waals surface area contributed by atoms with Crippen LogP contribution in [0.2, 0.25) is 0 Å². The lowest BCUT2D eigenvalue weighted by atomic mass is 9.91. The van der Waals surface area contributed by atoms with Gasteiger partial charge in [-0.1, -0.05) is 12.1 Å². The molecule has 0 spiro atoms. The first-order chi connectivity index (χ1) is 15.3. The molecule has 0 aliphatic heterocycles. The fourth-order valence-electron chi connectivity index (χ4n) is 3.85. The smallest absolute Gasteiger partial charge is 0.367 e. The number of hydrogen-bond donors (Lipinski definition) is 2. The van der Waals surface area contributed by atoms with Gasteiger partial charge < -0.3 is 10.6 Å². The topological polar surface area (TPSA) is 90.7 Å². The summed E-state index contributed by atoms with van der Waals surface area (Å²) in [6.45, 7) is 0. The maximum Gasteiger partial charge on any atom is 0.451 e. The number of nitrogens with one attached hydrogen (secondary N) is 2. The lowest BCUT2D eigenvalue weighted by Crippen LogP contribution is -2.40. The Bertz CT molecular complexity index is 1160. The summed E-state index contributed by atoms with van der Waals surface area (Å²) in [5.74, 6) is -1.20. The highest BCUT2D eigenvalue weighted by molar-refractivity contribution is 5.94. The number of rotatable bonds is 4. The number of fused-ring (bicyclic) bond motifs is 1. The van der Waals surface area contributed by atoms with Crippen molar-refractivity contribution in [1.82, 2.24) is 15.3 Å². The number of carbonyl (C=O) groups excluding carboxylic acids is 1. The number of alkyl halides is 3. The van der Waals surface area contributed by atoms with E-state index < -0.39 is 12.0 Å². The fraction of sp³-hybridized carbons (Fsp3) is 0.304. The second kappa shape index (κ2) is 8.83. The minimum atomic E-state index is -4.63. The van der Waals surface area contributed by atoms with Crippen LogP contribution < -0.4 is 10.6 Å². The molecule has 1 saturated carbocycles. The van der Waals surface area contributed by atoms with Crippen molar-refractivity contribution in [3.05, 3.63) is 65.5 Å². The zero-order valence-corrected chi connectivity index (χ0v) is 17.0. The normalized spacial score (nSPS) is 18.7. The number of benzene rings is 2. The summed E-state index contributed by atoms with van der Waals surface area (Å²) in [6, 6.07) is 14.9. The van der Waals surface area contributed by atoms with E-state index in [9.17, 15) is 18.0 Å². The summed E-state index contributed by atoms with van der Waals surface area (Å²) in [5, 5.41) is 15.5. The Balaban J connectivity index is 1.40. The third-order valence-electron chi connectivity index (χ3n) is 5.54. The Morgan fingerprint density at radius 2 is 1.62 bits per heavy atom.